The molecule has 2 aliphatic heterocycles. The van der Waals surface area contributed by atoms with Crippen LogP contribution in [0.1, 0.15) is 15.9 Å². The number of urea groups is 1. The van der Waals surface area contributed by atoms with Crippen LogP contribution in [-0.2, 0) is 16.1 Å². The molecule has 2 N–H and O–H groups in total. The second-order valence-corrected chi connectivity index (χ2v) is 6.64. The highest BCUT2D eigenvalue weighted by Gasteiger charge is 2.53. The maximum Gasteiger partial charge on any atom is 0.394 e. The summed E-state index contributed by atoms with van der Waals surface area (Å²) in [4.78, 5) is 48.8. The topological polar surface area (TPSA) is 107 Å². The number of hydrogen-bond acceptors (Lipinski definition) is 4. The van der Waals surface area contributed by atoms with Crippen molar-refractivity contribution in [3.8, 4) is 0 Å². The second-order valence-electron chi connectivity index (χ2n) is 6.64. The summed E-state index contributed by atoms with van der Waals surface area (Å²) in [5.74, 6) is -6.64. The fourth-order valence-electron chi connectivity index (χ4n) is 3.33. The zero-order valence-corrected chi connectivity index (χ0v) is 14.4. The Morgan fingerprint density at radius 1 is 1.21 bits per heavy atom. The Kier molecular flexibility index (Phi) is 5.01. The van der Waals surface area contributed by atoms with Crippen LogP contribution in [0.5, 0.6) is 0 Å². The van der Waals surface area contributed by atoms with Gasteiger partial charge in [-0.1, -0.05) is 12.1 Å². The molecule has 2 atom stereocenters. The standard InChI is InChI=1S/C17H16F3N3O5/c18-17(19,20)12-8-22(7-11(12)15(26)27)14(25)10-3-1-2-9(4-10)6-23-13(24)5-21-16(23)28/h1-4,11-12H,5-8H2,(H,21,28)(H,26,27)/t11-,12-/m1/s1. The molecule has 0 spiro atoms. The van der Waals surface area contributed by atoms with E-state index >= 15 is 0 Å². The number of carbonyl (C=O) groups is 4. The van der Waals surface area contributed by atoms with Crippen LogP contribution in [0.25, 0.3) is 0 Å². The summed E-state index contributed by atoms with van der Waals surface area (Å²) in [7, 11) is 0. The highest BCUT2D eigenvalue weighted by molar-refractivity contribution is 6.02. The SMILES string of the molecule is O=C(O)[C@@H]1CN(C(=O)c2cccc(CN3C(=O)CNC3=O)c2)C[C@H]1C(F)(F)F. The number of carbonyl (C=O) groups excluding carboxylic acids is 3. The van der Waals surface area contributed by atoms with E-state index < -0.39 is 54.9 Å². The number of aliphatic carboxylic acids is 1. The van der Waals surface area contributed by atoms with Gasteiger partial charge in [-0.15, -0.1) is 0 Å². The van der Waals surface area contributed by atoms with E-state index in [1.54, 1.807) is 6.07 Å². The summed E-state index contributed by atoms with van der Waals surface area (Å²) < 4.78 is 39.3. The van der Waals surface area contributed by atoms with E-state index in [-0.39, 0.29) is 18.7 Å². The van der Waals surface area contributed by atoms with Gasteiger partial charge in [0.1, 0.15) is 0 Å². The summed E-state index contributed by atoms with van der Waals surface area (Å²) in [6.07, 6.45) is -4.73. The van der Waals surface area contributed by atoms with E-state index in [0.29, 0.717) is 5.56 Å². The second kappa shape index (κ2) is 7.13. The van der Waals surface area contributed by atoms with E-state index in [1.165, 1.54) is 18.2 Å². The predicted octanol–water partition coefficient (Wildman–Crippen LogP) is 1.07. The number of rotatable bonds is 4. The maximum atomic E-state index is 13.1. The van der Waals surface area contributed by atoms with Gasteiger partial charge >= 0.3 is 18.2 Å². The first-order chi connectivity index (χ1) is 13.1. The molecule has 0 aromatic heterocycles. The predicted molar refractivity (Wildman–Crippen MR) is 87.0 cm³/mol. The minimum Gasteiger partial charge on any atom is -0.481 e. The highest BCUT2D eigenvalue weighted by atomic mass is 19.4. The Balaban J connectivity index is 1.77. The lowest BCUT2D eigenvalue weighted by molar-refractivity contribution is -0.187. The van der Waals surface area contributed by atoms with Gasteiger partial charge in [-0.25, -0.2) is 4.79 Å². The van der Waals surface area contributed by atoms with Crippen LogP contribution in [0.15, 0.2) is 24.3 Å². The fourth-order valence-corrected chi connectivity index (χ4v) is 3.33. The van der Waals surface area contributed by atoms with Crippen LogP contribution in [0, 0.1) is 11.8 Å². The van der Waals surface area contributed by atoms with Gasteiger partial charge in [-0.3, -0.25) is 19.3 Å². The van der Waals surface area contributed by atoms with Gasteiger partial charge < -0.3 is 15.3 Å². The van der Waals surface area contributed by atoms with Crippen LogP contribution in [0.4, 0.5) is 18.0 Å². The minimum atomic E-state index is -4.73. The largest absolute Gasteiger partial charge is 0.481 e. The molecule has 1 aromatic carbocycles. The molecule has 0 radical (unpaired) electrons. The van der Waals surface area contributed by atoms with Gasteiger partial charge in [0.15, 0.2) is 0 Å². The van der Waals surface area contributed by atoms with E-state index in [4.69, 9.17) is 5.11 Å². The quantitative estimate of drug-likeness (QED) is 0.737. The monoisotopic (exact) mass is 399 g/mol. The average molecular weight is 399 g/mol. The summed E-state index contributed by atoms with van der Waals surface area (Å²) >= 11 is 0. The molecule has 2 aliphatic rings. The highest BCUT2D eigenvalue weighted by Crippen LogP contribution is 2.38. The molecule has 2 heterocycles. The lowest BCUT2D eigenvalue weighted by atomic mass is 9.96. The molecule has 150 valence electrons. The summed E-state index contributed by atoms with van der Waals surface area (Å²) in [5.41, 5.74) is 0.495. The van der Waals surface area contributed by atoms with Crippen molar-refractivity contribution in [1.29, 1.82) is 0 Å². The molecule has 0 bridgehead atoms. The van der Waals surface area contributed by atoms with Crippen molar-refractivity contribution in [3.05, 3.63) is 35.4 Å². The summed E-state index contributed by atoms with van der Waals surface area (Å²) in [5, 5.41) is 11.4. The molecule has 1 aromatic rings. The lowest BCUT2D eigenvalue weighted by Crippen LogP contribution is -2.34. The van der Waals surface area contributed by atoms with Crippen molar-refractivity contribution in [2.75, 3.05) is 19.6 Å². The number of halogens is 3. The summed E-state index contributed by atoms with van der Waals surface area (Å²) in [6, 6.07) is 5.23. The van der Waals surface area contributed by atoms with Gasteiger partial charge in [0.05, 0.1) is 24.9 Å². The van der Waals surface area contributed by atoms with Crippen molar-refractivity contribution < 1.29 is 37.5 Å². The molecule has 4 amide bonds. The minimum absolute atomic E-state index is 0.0523. The number of alkyl halides is 3. The zero-order chi connectivity index (χ0) is 20.6. The molecule has 0 saturated carbocycles. The van der Waals surface area contributed by atoms with E-state index in [1.807, 2.05) is 0 Å². The van der Waals surface area contributed by atoms with Crippen LogP contribution >= 0.6 is 0 Å². The third kappa shape index (κ3) is 3.78. The van der Waals surface area contributed by atoms with Gasteiger partial charge in [-0.05, 0) is 17.7 Å². The third-order valence-corrected chi connectivity index (χ3v) is 4.80. The zero-order valence-electron chi connectivity index (χ0n) is 14.4. The maximum absolute atomic E-state index is 13.1. The third-order valence-electron chi connectivity index (χ3n) is 4.80. The number of nitrogens with zero attached hydrogens (tertiary/aromatic N) is 2. The smallest absolute Gasteiger partial charge is 0.394 e. The molecule has 28 heavy (non-hydrogen) atoms. The first kappa shape index (κ1) is 19.6. The number of likely N-dealkylation sites (tertiary alicyclic amines) is 1. The first-order valence-corrected chi connectivity index (χ1v) is 8.34. The number of carboxylic acids is 1. The van der Waals surface area contributed by atoms with Crippen LogP contribution in [-0.4, -0.2) is 64.5 Å². The van der Waals surface area contributed by atoms with Crippen LogP contribution in [0.2, 0.25) is 0 Å². The Bertz CT molecular complexity index is 826. The molecule has 8 nitrogen and oxygen atoms in total. The fraction of sp³-hybridized carbons (Fsp3) is 0.412. The van der Waals surface area contributed by atoms with Crippen molar-refractivity contribution in [1.82, 2.24) is 15.1 Å². The van der Waals surface area contributed by atoms with Crippen molar-refractivity contribution in [3.63, 3.8) is 0 Å². The van der Waals surface area contributed by atoms with Crippen molar-refractivity contribution >= 4 is 23.8 Å². The molecule has 0 aliphatic carbocycles. The normalized spacial score (nSPS) is 22.5. The van der Waals surface area contributed by atoms with Gasteiger partial charge in [0.2, 0.25) is 5.91 Å². The first-order valence-electron chi connectivity index (χ1n) is 8.34. The molecule has 11 heteroatoms. The number of nitrogens with one attached hydrogen (secondary N) is 1. The van der Waals surface area contributed by atoms with Gasteiger partial charge in [-0.2, -0.15) is 13.2 Å². The lowest BCUT2D eigenvalue weighted by Gasteiger charge is -2.19. The molecular formula is C17H16F3N3O5. The van der Waals surface area contributed by atoms with Gasteiger partial charge in [0, 0.05) is 18.7 Å². The number of hydrogen-bond donors (Lipinski definition) is 2. The molecule has 0 unspecified atom stereocenters. The van der Waals surface area contributed by atoms with E-state index in [2.05, 4.69) is 5.32 Å². The van der Waals surface area contributed by atoms with Gasteiger partial charge in [0.25, 0.3) is 5.91 Å². The molecule has 2 saturated heterocycles. The van der Waals surface area contributed by atoms with Crippen molar-refractivity contribution in [2.45, 2.75) is 12.7 Å². The van der Waals surface area contributed by atoms with Crippen molar-refractivity contribution in [2.24, 2.45) is 11.8 Å². The number of benzene rings is 1. The summed E-state index contributed by atoms with van der Waals surface area (Å²) in [6.45, 7) is -1.50. The average Bonchev–Trinajstić information content (AvgIpc) is 3.21. The Morgan fingerprint density at radius 3 is 2.46 bits per heavy atom. The molecular weight excluding hydrogens is 383 g/mol. The molecule has 2 fully saturated rings. The Labute approximate surface area is 156 Å². The van der Waals surface area contributed by atoms with E-state index in [9.17, 15) is 32.3 Å². The van der Waals surface area contributed by atoms with Crippen LogP contribution in [0.3, 0.4) is 0 Å². The number of imide groups is 1. The molecule has 3 rings (SSSR count). The van der Waals surface area contributed by atoms with Crippen LogP contribution < -0.4 is 5.32 Å². The Morgan fingerprint density at radius 2 is 1.93 bits per heavy atom. The number of carboxylic acid groups (broad SMARTS) is 1. The van der Waals surface area contributed by atoms with E-state index in [0.717, 1.165) is 9.80 Å². The Hall–Kier alpha value is -3.11. The number of amides is 4.